The number of aromatic amines is 1. The van der Waals surface area contributed by atoms with E-state index in [4.69, 9.17) is 4.98 Å². The molecule has 3 fully saturated rings. The molecular weight excluding hydrogens is 420 g/mol. The van der Waals surface area contributed by atoms with E-state index in [-0.39, 0.29) is 0 Å². The van der Waals surface area contributed by atoms with E-state index in [1.54, 1.807) is 11.3 Å². The van der Waals surface area contributed by atoms with Crippen molar-refractivity contribution in [3.63, 3.8) is 0 Å². The fourth-order valence-corrected chi connectivity index (χ4v) is 6.33. The number of thiazole rings is 1. The summed E-state index contributed by atoms with van der Waals surface area (Å²) >= 11 is 1.61. The molecule has 2 aliphatic heterocycles. The second-order valence-corrected chi connectivity index (χ2v) is 9.87. The molecule has 1 N–H and O–H groups in total. The number of fused-ring (bicyclic) bond motifs is 5. The van der Waals surface area contributed by atoms with Gasteiger partial charge in [0.1, 0.15) is 5.69 Å². The molecule has 3 aliphatic rings. The van der Waals surface area contributed by atoms with Crippen molar-refractivity contribution in [1.82, 2.24) is 35.3 Å². The van der Waals surface area contributed by atoms with Crippen molar-refractivity contribution in [2.45, 2.75) is 37.8 Å². The number of hydrogen-bond donors (Lipinski definition) is 1. The molecule has 1 aromatic carbocycles. The van der Waals surface area contributed by atoms with E-state index in [1.807, 2.05) is 24.1 Å². The van der Waals surface area contributed by atoms with Crippen molar-refractivity contribution >= 4 is 27.5 Å². The van der Waals surface area contributed by atoms with E-state index in [1.165, 1.54) is 25.7 Å². The molecule has 0 amide bonds. The number of nitrogens with zero attached hydrogens (tertiary/aromatic N) is 7. The first-order valence-electron chi connectivity index (χ1n) is 11.2. The fourth-order valence-electron chi connectivity index (χ4n) is 5.49. The van der Waals surface area contributed by atoms with Crippen molar-refractivity contribution in [2.24, 2.45) is 5.92 Å². The molecule has 1 aliphatic carbocycles. The number of H-pyrrole nitrogens is 1. The van der Waals surface area contributed by atoms with Gasteiger partial charge < -0.3 is 9.80 Å². The van der Waals surface area contributed by atoms with Gasteiger partial charge in [0.15, 0.2) is 0 Å². The van der Waals surface area contributed by atoms with Crippen molar-refractivity contribution in [2.75, 3.05) is 25.5 Å². The monoisotopic (exact) mass is 446 g/mol. The van der Waals surface area contributed by atoms with Gasteiger partial charge in [-0.3, -0.25) is 5.10 Å². The minimum atomic E-state index is 0.480. The molecule has 2 saturated heterocycles. The van der Waals surface area contributed by atoms with Crippen LogP contribution < -0.4 is 4.90 Å². The van der Waals surface area contributed by atoms with Gasteiger partial charge in [0.05, 0.1) is 28.1 Å². The van der Waals surface area contributed by atoms with Gasteiger partial charge in [-0.1, -0.05) is 18.6 Å². The van der Waals surface area contributed by atoms with Crippen molar-refractivity contribution in [3.8, 4) is 22.4 Å². The lowest BCUT2D eigenvalue weighted by atomic mass is 9.88. The molecule has 8 nitrogen and oxygen atoms in total. The smallest absolute Gasteiger partial charge is 0.245 e. The van der Waals surface area contributed by atoms with Gasteiger partial charge in [-0.25, -0.2) is 9.97 Å². The Balaban J connectivity index is 1.29. The van der Waals surface area contributed by atoms with E-state index < -0.39 is 0 Å². The summed E-state index contributed by atoms with van der Waals surface area (Å²) in [5.41, 5.74) is 6.70. The van der Waals surface area contributed by atoms with Crippen LogP contribution in [0.5, 0.6) is 0 Å². The van der Waals surface area contributed by atoms with Crippen molar-refractivity contribution in [1.29, 1.82) is 0 Å². The summed E-state index contributed by atoms with van der Waals surface area (Å²) in [6.07, 6.45) is 10.6. The Kier molecular flexibility index (Phi) is 4.87. The van der Waals surface area contributed by atoms with Gasteiger partial charge in [-0.2, -0.15) is 5.10 Å². The summed E-state index contributed by atoms with van der Waals surface area (Å²) in [5, 5.41) is 16.1. The predicted molar refractivity (Wildman–Crippen MR) is 127 cm³/mol. The van der Waals surface area contributed by atoms with Crippen molar-refractivity contribution < 1.29 is 0 Å². The minimum absolute atomic E-state index is 0.480. The number of piperidine rings is 1. The second-order valence-electron chi connectivity index (χ2n) is 9.02. The van der Waals surface area contributed by atoms with Crippen LogP contribution in [0, 0.1) is 5.92 Å². The summed E-state index contributed by atoms with van der Waals surface area (Å²) < 4.78 is 1.09. The van der Waals surface area contributed by atoms with Gasteiger partial charge in [-0.15, -0.1) is 21.5 Å². The molecule has 1 unspecified atom stereocenters. The van der Waals surface area contributed by atoms with E-state index >= 15 is 0 Å². The van der Waals surface area contributed by atoms with Crippen LogP contribution in [-0.2, 0) is 0 Å². The van der Waals surface area contributed by atoms with Gasteiger partial charge in [-0.05, 0) is 32.2 Å². The topological polar surface area (TPSA) is 86.7 Å². The lowest BCUT2D eigenvalue weighted by Gasteiger charge is -2.43. The molecule has 5 heterocycles. The molecule has 7 rings (SSSR count). The lowest BCUT2D eigenvalue weighted by Crippen LogP contribution is -2.51. The zero-order valence-electron chi connectivity index (χ0n) is 18.3. The number of aromatic nitrogens is 6. The molecule has 1 saturated carbocycles. The Labute approximate surface area is 190 Å². The maximum atomic E-state index is 4.73. The molecule has 4 aromatic rings. The average molecular weight is 447 g/mol. The van der Waals surface area contributed by atoms with Crippen LogP contribution in [0.25, 0.3) is 32.6 Å². The SMILES string of the molecule is CN1CC2CCC[C@@H]1C[C@@H]2N(C)c1ncc(-c2ccc(-c3cn[nH]c3)c3ncsc23)nn1. The zero-order valence-corrected chi connectivity index (χ0v) is 19.1. The number of hydrogen-bond acceptors (Lipinski definition) is 8. The van der Waals surface area contributed by atoms with Crippen molar-refractivity contribution in [3.05, 3.63) is 36.2 Å². The van der Waals surface area contributed by atoms with Gasteiger partial charge in [0.2, 0.25) is 5.95 Å². The largest absolute Gasteiger partial charge is 0.339 e. The summed E-state index contributed by atoms with van der Waals surface area (Å²) in [4.78, 5) is 14.1. The van der Waals surface area contributed by atoms with Crippen LogP contribution in [0.1, 0.15) is 25.7 Å². The maximum Gasteiger partial charge on any atom is 0.245 e. The molecule has 32 heavy (non-hydrogen) atoms. The highest BCUT2D eigenvalue weighted by atomic mass is 32.1. The normalized spacial score (nSPS) is 23.5. The average Bonchev–Trinajstić information content (AvgIpc) is 3.45. The van der Waals surface area contributed by atoms with Crippen LogP contribution in [-0.4, -0.2) is 68.0 Å². The molecule has 164 valence electrons. The van der Waals surface area contributed by atoms with Crippen LogP contribution in [0.15, 0.2) is 36.2 Å². The number of nitrogens with one attached hydrogen (secondary N) is 1. The Morgan fingerprint density at radius 3 is 2.84 bits per heavy atom. The summed E-state index contributed by atoms with van der Waals surface area (Å²) in [5.74, 6) is 1.38. The molecule has 3 aromatic heterocycles. The van der Waals surface area contributed by atoms with E-state index in [9.17, 15) is 0 Å². The highest BCUT2D eigenvalue weighted by Gasteiger charge is 2.39. The number of rotatable bonds is 4. The lowest BCUT2D eigenvalue weighted by molar-refractivity contribution is 0.135. The first-order chi connectivity index (χ1) is 15.7. The Morgan fingerprint density at radius 1 is 1.12 bits per heavy atom. The van der Waals surface area contributed by atoms with Gasteiger partial charge >= 0.3 is 0 Å². The van der Waals surface area contributed by atoms with Crippen LogP contribution >= 0.6 is 11.3 Å². The zero-order chi connectivity index (χ0) is 21.7. The second kappa shape index (κ2) is 7.90. The predicted octanol–water partition coefficient (Wildman–Crippen LogP) is 3.85. The third kappa shape index (κ3) is 3.27. The summed E-state index contributed by atoms with van der Waals surface area (Å²) in [6.45, 7) is 1.16. The number of anilines is 1. The quantitative estimate of drug-likeness (QED) is 0.509. The highest BCUT2D eigenvalue weighted by molar-refractivity contribution is 7.17. The van der Waals surface area contributed by atoms with Gasteiger partial charge in [0.25, 0.3) is 0 Å². The minimum Gasteiger partial charge on any atom is -0.339 e. The molecule has 9 heteroatoms. The third-order valence-corrected chi connectivity index (χ3v) is 8.11. The first-order valence-corrected chi connectivity index (χ1v) is 12.1. The third-order valence-electron chi connectivity index (χ3n) is 7.25. The summed E-state index contributed by atoms with van der Waals surface area (Å²) in [7, 11) is 4.40. The first kappa shape index (κ1) is 19.8. The van der Waals surface area contributed by atoms with Crippen LogP contribution in [0.3, 0.4) is 0 Å². The molecule has 2 bridgehead atoms. The van der Waals surface area contributed by atoms with Gasteiger partial charge in [0, 0.05) is 48.6 Å². The maximum absolute atomic E-state index is 4.73. The molecular formula is C23H26N8S. The van der Waals surface area contributed by atoms with Crippen LogP contribution in [0.2, 0.25) is 0 Å². The highest BCUT2D eigenvalue weighted by Crippen LogP contribution is 2.37. The van der Waals surface area contributed by atoms with E-state index in [0.717, 1.165) is 39.1 Å². The number of benzene rings is 1. The molecule has 0 radical (unpaired) electrons. The molecule has 3 atom stereocenters. The van der Waals surface area contributed by atoms with E-state index in [0.29, 0.717) is 23.9 Å². The standard InChI is InChI=1S/C23H26N8S/c1-30-12-14-4-3-5-16(30)8-20(14)31(2)23-24-11-19(28-29-23)18-7-6-17(15-9-26-27-10-15)21-22(18)32-13-25-21/h6-7,9-11,13-14,16,20H,3-5,8,12H2,1-2H3,(H,26,27)/t14?,16-,20+/m1/s1. The Hall–Kier alpha value is -2.91. The Bertz CT molecular complexity index is 1220. The summed E-state index contributed by atoms with van der Waals surface area (Å²) in [6, 6.07) is 5.30. The van der Waals surface area contributed by atoms with Crippen LogP contribution in [0.4, 0.5) is 5.95 Å². The Morgan fingerprint density at radius 2 is 2.03 bits per heavy atom. The molecule has 0 spiro atoms. The van der Waals surface area contributed by atoms with E-state index in [2.05, 4.69) is 61.4 Å². The fraction of sp³-hybridized carbons (Fsp3) is 0.435.